The first-order valence-corrected chi connectivity index (χ1v) is 8.11. The van der Waals surface area contributed by atoms with Crippen molar-refractivity contribution in [3.63, 3.8) is 0 Å². The van der Waals surface area contributed by atoms with Gasteiger partial charge in [-0.2, -0.15) is 0 Å². The van der Waals surface area contributed by atoms with Crippen molar-refractivity contribution < 1.29 is 9.59 Å². The van der Waals surface area contributed by atoms with Crippen molar-refractivity contribution in [2.75, 3.05) is 10.6 Å². The highest BCUT2D eigenvalue weighted by Crippen LogP contribution is 2.29. The molecule has 27 heavy (non-hydrogen) atoms. The molecule has 0 aliphatic carbocycles. The highest BCUT2D eigenvalue weighted by atomic mass is 16.2. The quantitative estimate of drug-likeness (QED) is 0.465. The minimum atomic E-state index is -0.307. The van der Waals surface area contributed by atoms with Crippen molar-refractivity contribution in [1.82, 2.24) is 4.91 Å². The molecule has 7 heteroatoms. The summed E-state index contributed by atoms with van der Waals surface area (Å²) in [6.45, 7) is 0. The number of hydrogen-bond acceptors (Lipinski definition) is 4. The lowest BCUT2D eigenvalue weighted by Crippen LogP contribution is -2.13. The molecule has 2 amide bonds. The number of benzene rings is 3. The van der Waals surface area contributed by atoms with Crippen molar-refractivity contribution in [2.45, 2.75) is 0 Å². The number of nitrogens with zero attached hydrogens (tertiary/aromatic N) is 2. The Balaban J connectivity index is 1.81. The van der Waals surface area contributed by atoms with E-state index in [0.717, 1.165) is 0 Å². The second kappa shape index (κ2) is 8.33. The molecule has 3 rings (SSSR count). The van der Waals surface area contributed by atoms with Crippen LogP contribution in [0.25, 0.3) is 0 Å². The molecule has 0 heterocycles. The van der Waals surface area contributed by atoms with Crippen molar-refractivity contribution in [3.05, 3.63) is 90.0 Å². The van der Waals surface area contributed by atoms with Gasteiger partial charge in [0, 0.05) is 16.8 Å². The van der Waals surface area contributed by atoms with Gasteiger partial charge >= 0.3 is 0 Å². The van der Waals surface area contributed by atoms with Crippen LogP contribution in [0.15, 0.2) is 84.0 Å². The molecule has 3 N–H and O–H groups in total. The largest absolute Gasteiger partial charge is 0.322 e. The summed E-state index contributed by atoms with van der Waals surface area (Å²) in [7, 11) is 0. The molecule has 0 atom stereocenters. The summed E-state index contributed by atoms with van der Waals surface area (Å²) in [5.74, 6) is -0.580. The number of amides is 2. The van der Waals surface area contributed by atoms with Gasteiger partial charge in [0.2, 0.25) is 4.91 Å². The van der Waals surface area contributed by atoms with E-state index < -0.39 is 0 Å². The Morgan fingerprint density at radius 3 is 1.89 bits per heavy atom. The number of carbonyl (C=O) groups excluding carboxylic acids is 2. The van der Waals surface area contributed by atoms with Crippen LogP contribution >= 0.6 is 0 Å². The maximum atomic E-state index is 12.3. The first kappa shape index (κ1) is 17.7. The third kappa shape index (κ3) is 4.50. The SMILES string of the molecule is N=[N+]=Nc1cc(NC(=O)c2ccccc2)ccc1NC(=O)c1ccccc1. The Labute approximate surface area is 155 Å². The summed E-state index contributed by atoms with van der Waals surface area (Å²) < 4.78 is 0. The minimum absolute atomic E-state index is 0.264. The zero-order valence-electron chi connectivity index (χ0n) is 14.2. The zero-order valence-corrected chi connectivity index (χ0v) is 14.2. The van der Waals surface area contributed by atoms with Gasteiger partial charge in [-0.3, -0.25) is 9.59 Å². The average Bonchev–Trinajstić information content (AvgIpc) is 2.71. The van der Waals surface area contributed by atoms with Gasteiger partial charge in [-0.05, 0) is 42.5 Å². The summed E-state index contributed by atoms with van der Waals surface area (Å²) in [4.78, 5) is 27.6. The summed E-state index contributed by atoms with van der Waals surface area (Å²) in [6, 6.07) is 22.3. The normalized spacial score (nSPS) is 9.78. The predicted octanol–water partition coefficient (Wildman–Crippen LogP) is 4.37. The summed E-state index contributed by atoms with van der Waals surface area (Å²) in [6.07, 6.45) is 0. The number of nitrogens with one attached hydrogen (secondary N) is 3. The van der Waals surface area contributed by atoms with Crippen LogP contribution in [0.3, 0.4) is 0 Å². The molecule has 0 radical (unpaired) electrons. The highest BCUT2D eigenvalue weighted by molar-refractivity contribution is 6.07. The number of hydrogen-bond donors (Lipinski definition) is 3. The topological polar surface area (TPSA) is 109 Å². The van der Waals surface area contributed by atoms with Gasteiger partial charge in [0.1, 0.15) is 5.53 Å². The molecule has 0 saturated heterocycles. The lowest BCUT2D eigenvalue weighted by Gasteiger charge is -2.09. The van der Waals surface area contributed by atoms with Gasteiger partial charge in [0.15, 0.2) is 10.8 Å². The van der Waals surface area contributed by atoms with E-state index in [-0.39, 0.29) is 17.5 Å². The molecule has 0 saturated carbocycles. The molecule has 3 aromatic carbocycles. The maximum Gasteiger partial charge on any atom is 0.255 e. The van der Waals surface area contributed by atoms with Gasteiger partial charge in [-0.25, -0.2) is 0 Å². The Kier molecular flexibility index (Phi) is 5.47. The van der Waals surface area contributed by atoms with Crippen LogP contribution in [-0.2, 0) is 0 Å². The lowest BCUT2D eigenvalue weighted by molar-refractivity contribution is 0.101. The number of carbonyl (C=O) groups is 2. The van der Waals surface area contributed by atoms with Crippen LogP contribution in [0.1, 0.15) is 20.7 Å². The van der Waals surface area contributed by atoms with E-state index in [2.05, 4.69) is 20.7 Å². The van der Waals surface area contributed by atoms with E-state index in [4.69, 9.17) is 5.53 Å². The molecule has 0 spiro atoms. The van der Waals surface area contributed by atoms with Crippen molar-refractivity contribution in [3.8, 4) is 0 Å². The molecule has 0 aliphatic heterocycles. The molecule has 0 aromatic heterocycles. The van der Waals surface area contributed by atoms with Crippen LogP contribution in [0.2, 0.25) is 0 Å². The van der Waals surface area contributed by atoms with E-state index in [9.17, 15) is 9.59 Å². The van der Waals surface area contributed by atoms with Crippen molar-refractivity contribution in [1.29, 1.82) is 5.53 Å². The summed E-state index contributed by atoms with van der Waals surface area (Å²) >= 11 is 0. The second-order valence-corrected chi connectivity index (χ2v) is 5.57. The van der Waals surface area contributed by atoms with E-state index >= 15 is 0 Å². The van der Waals surface area contributed by atoms with Gasteiger partial charge < -0.3 is 10.6 Å². The Bertz CT molecular complexity index is 1010. The standard InChI is InChI=1S/C20H15N5O2/c21-25-24-18-13-16(22-19(26)14-7-3-1-4-8-14)11-12-17(18)23-20(27)15-9-5-2-6-10-15/h1-13H,(H2,21,22,24,26)/p+1. The molecule has 7 nitrogen and oxygen atoms in total. The molecule has 0 aliphatic rings. The fraction of sp³-hybridized carbons (Fsp3) is 0. The first-order valence-electron chi connectivity index (χ1n) is 8.11. The fourth-order valence-electron chi connectivity index (χ4n) is 2.43. The maximum absolute atomic E-state index is 12.3. The zero-order chi connectivity index (χ0) is 19.1. The fourth-order valence-corrected chi connectivity index (χ4v) is 2.43. The summed E-state index contributed by atoms with van der Waals surface area (Å²) in [5, 5.41) is 9.21. The molecule has 0 unspecified atom stereocenters. The van der Waals surface area contributed by atoms with Crippen LogP contribution in [0.4, 0.5) is 17.1 Å². The Morgan fingerprint density at radius 2 is 1.33 bits per heavy atom. The molecular formula is C20H16N5O2+. The number of rotatable bonds is 5. The van der Waals surface area contributed by atoms with Gasteiger partial charge in [-0.1, -0.05) is 36.4 Å². The number of anilines is 2. The molecule has 3 aromatic rings. The molecule has 0 bridgehead atoms. The predicted molar refractivity (Wildman–Crippen MR) is 102 cm³/mol. The smallest absolute Gasteiger partial charge is 0.255 e. The van der Waals surface area contributed by atoms with E-state index in [1.54, 1.807) is 66.7 Å². The summed E-state index contributed by atoms with van der Waals surface area (Å²) in [5.41, 5.74) is 9.12. The third-order valence-corrected chi connectivity index (χ3v) is 3.73. The van der Waals surface area contributed by atoms with Gasteiger partial charge in [-0.15, -0.1) is 0 Å². The van der Waals surface area contributed by atoms with Crippen LogP contribution in [-0.4, -0.2) is 11.8 Å². The second-order valence-electron chi connectivity index (χ2n) is 5.57. The van der Waals surface area contributed by atoms with Crippen molar-refractivity contribution in [2.24, 2.45) is 5.11 Å². The molecular weight excluding hydrogens is 342 g/mol. The van der Waals surface area contributed by atoms with Gasteiger partial charge in [0.25, 0.3) is 11.8 Å². The molecule has 0 fully saturated rings. The van der Waals surface area contributed by atoms with E-state index in [1.807, 2.05) is 12.1 Å². The Hall–Kier alpha value is -4.09. The first-order chi connectivity index (χ1) is 13.2. The average molecular weight is 358 g/mol. The highest BCUT2D eigenvalue weighted by Gasteiger charge is 2.13. The lowest BCUT2D eigenvalue weighted by atomic mass is 10.2. The van der Waals surface area contributed by atoms with Crippen LogP contribution in [0, 0.1) is 5.53 Å². The minimum Gasteiger partial charge on any atom is -0.322 e. The van der Waals surface area contributed by atoms with Crippen molar-refractivity contribution >= 4 is 28.9 Å². The van der Waals surface area contributed by atoms with E-state index in [1.165, 1.54) is 0 Å². The molecule has 132 valence electrons. The Morgan fingerprint density at radius 1 is 0.778 bits per heavy atom. The van der Waals surface area contributed by atoms with E-state index in [0.29, 0.717) is 22.5 Å². The third-order valence-electron chi connectivity index (χ3n) is 3.73. The van der Waals surface area contributed by atoms with Crippen LogP contribution in [0.5, 0.6) is 0 Å². The monoisotopic (exact) mass is 358 g/mol. The van der Waals surface area contributed by atoms with Crippen LogP contribution < -0.4 is 15.5 Å². The van der Waals surface area contributed by atoms with Gasteiger partial charge in [0.05, 0.1) is 5.69 Å².